The van der Waals surface area contributed by atoms with Crippen LogP contribution in [0.15, 0.2) is 33.6 Å². The molecule has 0 radical (unpaired) electrons. The molecule has 0 saturated carbocycles. The fraction of sp³-hybridized carbons (Fsp3) is 0.400. The van der Waals surface area contributed by atoms with Gasteiger partial charge in [-0.3, -0.25) is 0 Å². The Hall–Kier alpha value is -0.390. The average Bonchev–Trinajstić information content (AvgIpc) is 2.17. The van der Waals surface area contributed by atoms with Gasteiger partial charge >= 0.3 is 0 Å². The van der Waals surface area contributed by atoms with Crippen molar-refractivity contribution in [3.05, 3.63) is 28.7 Å². The first-order valence-corrected chi connectivity index (χ1v) is 6.79. The molecule has 0 aromatic heterocycles. The number of rotatable bonds is 3. The minimum Gasteiger partial charge on any atom is -0.329 e. The first-order valence-electron chi connectivity index (χ1n) is 4.51. The summed E-state index contributed by atoms with van der Waals surface area (Å²) in [6.45, 7) is 3.36. The fourth-order valence-electron chi connectivity index (χ4n) is 1.06. The number of hydrogen-bond acceptors (Lipinski definition) is 3. The third-order valence-electron chi connectivity index (χ3n) is 2.33. The second kappa shape index (κ2) is 4.23. The highest BCUT2D eigenvalue weighted by molar-refractivity contribution is 9.10. The maximum absolute atomic E-state index is 12.1. The van der Waals surface area contributed by atoms with E-state index in [1.54, 1.807) is 38.1 Å². The number of halogens is 1. The molecular formula is C10H14BrNO2S. The highest BCUT2D eigenvalue weighted by Crippen LogP contribution is 2.26. The van der Waals surface area contributed by atoms with E-state index in [0.717, 1.165) is 4.47 Å². The summed E-state index contributed by atoms with van der Waals surface area (Å²) in [5.41, 5.74) is 5.48. The SMILES string of the molecule is CC(C)(CN)S(=O)(=O)c1cccc(Br)c1. The van der Waals surface area contributed by atoms with E-state index >= 15 is 0 Å². The molecule has 0 spiro atoms. The average molecular weight is 292 g/mol. The van der Waals surface area contributed by atoms with Crippen LogP contribution in [0.2, 0.25) is 0 Å². The summed E-state index contributed by atoms with van der Waals surface area (Å²) in [6, 6.07) is 6.66. The van der Waals surface area contributed by atoms with Gasteiger partial charge in [-0.15, -0.1) is 0 Å². The van der Waals surface area contributed by atoms with Crippen molar-refractivity contribution >= 4 is 25.8 Å². The Labute approximate surface area is 98.7 Å². The predicted octanol–water partition coefficient (Wildman–Crippen LogP) is 1.96. The standard InChI is InChI=1S/C10H14BrNO2S/c1-10(2,7-12)15(13,14)9-5-3-4-8(11)6-9/h3-6H,7,12H2,1-2H3. The van der Waals surface area contributed by atoms with Crippen molar-refractivity contribution < 1.29 is 8.42 Å². The van der Waals surface area contributed by atoms with Gasteiger partial charge in [-0.2, -0.15) is 0 Å². The van der Waals surface area contributed by atoms with Crippen LogP contribution in [0.1, 0.15) is 13.8 Å². The van der Waals surface area contributed by atoms with Crippen molar-refractivity contribution in [1.82, 2.24) is 0 Å². The van der Waals surface area contributed by atoms with Gasteiger partial charge < -0.3 is 5.73 Å². The summed E-state index contributed by atoms with van der Waals surface area (Å²) >= 11 is 3.25. The van der Waals surface area contributed by atoms with Crippen LogP contribution >= 0.6 is 15.9 Å². The molecule has 0 heterocycles. The minimum atomic E-state index is -3.37. The monoisotopic (exact) mass is 291 g/mol. The van der Waals surface area contributed by atoms with Crippen LogP contribution in [0.4, 0.5) is 0 Å². The summed E-state index contributed by atoms with van der Waals surface area (Å²) in [7, 11) is -3.37. The predicted molar refractivity (Wildman–Crippen MR) is 64.5 cm³/mol. The van der Waals surface area contributed by atoms with Crippen LogP contribution in [-0.4, -0.2) is 19.7 Å². The van der Waals surface area contributed by atoms with E-state index in [4.69, 9.17) is 5.73 Å². The molecule has 0 saturated heterocycles. The zero-order valence-electron chi connectivity index (χ0n) is 8.70. The van der Waals surface area contributed by atoms with Gasteiger partial charge in [0.05, 0.1) is 9.64 Å². The second-order valence-corrected chi connectivity index (χ2v) is 7.42. The summed E-state index contributed by atoms with van der Waals surface area (Å²) in [6.07, 6.45) is 0. The molecule has 1 aromatic carbocycles. The van der Waals surface area contributed by atoms with Crippen LogP contribution < -0.4 is 5.73 Å². The maximum atomic E-state index is 12.1. The summed E-state index contributed by atoms with van der Waals surface area (Å²) in [4.78, 5) is 0.298. The summed E-state index contributed by atoms with van der Waals surface area (Å²) < 4.78 is 24.1. The van der Waals surface area contributed by atoms with Crippen LogP contribution in [0.3, 0.4) is 0 Å². The molecule has 15 heavy (non-hydrogen) atoms. The highest BCUT2D eigenvalue weighted by Gasteiger charge is 2.34. The van der Waals surface area contributed by atoms with Crippen LogP contribution in [-0.2, 0) is 9.84 Å². The van der Waals surface area contributed by atoms with Crippen molar-refractivity contribution in [2.75, 3.05) is 6.54 Å². The molecule has 84 valence electrons. The molecule has 2 N–H and O–H groups in total. The molecule has 0 atom stereocenters. The lowest BCUT2D eigenvalue weighted by Gasteiger charge is -2.22. The molecule has 5 heteroatoms. The van der Waals surface area contributed by atoms with Crippen LogP contribution in [0.25, 0.3) is 0 Å². The molecule has 1 rings (SSSR count). The van der Waals surface area contributed by atoms with Crippen molar-refractivity contribution in [3.63, 3.8) is 0 Å². The van der Waals surface area contributed by atoms with Gasteiger partial charge in [-0.1, -0.05) is 22.0 Å². The van der Waals surface area contributed by atoms with Gasteiger partial charge in [0.1, 0.15) is 0 Å². The Bertz CT molecular complexity index is 454. The van der Waals surface area contributed by atoms with Crippen molar-refractivity contribution in [2.24, 2.45) is 5.73 Å². The molecule has 0 aliphatic carbocycles. The van der Waals surface area contributed by atoms with Gasteiger partial charge in [0, 0.05) is 11.0 Å². The Kier molecular flexibility index (Phi) is 3.58. The van der Waals surface area contributed by atoms with E-state index in [1.165, 1.54) is 0 Å². The Balaban J connectivity index is 3.30. The van der Waals surface area contributed by atoms with Crippen LogP contribution in [0, 0.1) is 0 Å². The van der Waals surface area contributed by atoms with Crippen molar-refractivity contribution in [3.8, 4) is 0 Å². The van der Waals surface area contributed by atoms with Crippen molar-refractivity contribution in [2.45, 2.75) is 23.5 Å². The smallest absolute Gasteiger partial charge is 0.184 e. The van der Waals surface area contributed by atoms with E-state index in [-0.39, 0.29) is 6.54 Å². The van der Waals surface area contributed by atoms with Gasteiger partial charge in [-0.25, -0.2) is 8.42 Å². The molecule has 0 aliphatic rings. The Morgan fingerprint density at radius 2 is 2.00 bits per heavy atom. The van der Waals surface area contributed by atoms with Gasteiger partial charge in [0.25, 0.3) is 0 Å². The van der Waals surface area contributed by atoms with Gasteiger partial charge in [-0.05, 0) is 32.0 Å². The molecule has 0 fully saturated rings. The summed E-state index contributed by atoms with van der Waals surface area (Å²) in [5.74, 6) is 0. The molecule has 0 bridgehead atoms. The first-order chi connectivity index (χ1) is 6.81. The Morgan fingerprint density at radius 1 is 1.40 bits per heavy atom. The number of sulfone groups is 1. The first kappa shape index (κ1) is 12.7. The molecule has 3 nitrogen and oxygen atoms in total. The van der Waals surface area contributed by atoms with Crippen molar-refractivity contribution in [1.29, 1.82) is 0 Å². The minimum absolute atomic E-state index is 0.0991. The van der Waals surface area contributed by atoms with Crippen LogP contribution in [0.5, 0.6) is 0 Å². The Morgan fingerprint density at radius 3 is 2.47 bits per heavy atom. The fourth-order valence-corrected chi connectivity index (χ4v) is 3.01. The molecule has 0 unspecified atom stereocenters. The zero-order valence-corrected chi connectivity index (χ0v) is 11.1. The second-order valence-electron chi connectivity index (χ2n) is 3.92. The summed E-state index contributed by atoms with van der Waals surface area (Å²) in [5, 5.41) is 0. The molecular weight excluding hydrogens is 278 g/mol. The zero-order chi connectivity index (χ0) is 11.7. The van der Waals surface area contributed by atoms with E-state index in [2.05, 4.69) is 15.9 Å². The lowest BCUT2D eigenvalue weighted by molar-refractivity contribution is 0.549. The van der Waals surface area contributed by atoms with E-state index < -0.39 is 14.6 Å². The van der Waals surface area contributed by atoms with E-state index in [9.17, 15) is 8.42 Å². The topological polar surface area (TPSA) is 60.2 Å². The lowest BCUT2D eigenvalue weighted by atomic mass is 10.2. The third-order valence-corrected chi connectivity index (χ3v) is 5.31. The maximum Gasteiger partial charge on any atom is 0.184 e. The van der Waals surface area contributed by atoms with Gasteiger partial charge in [0.2, 0.25) is 0 Å². The lowest BCUT2D eigenvalue weighted by Crippen LogP contribution is -2.39. The molecule has 0 aliphatic heterocycles. The largest absolute Gasteiger partial charge is 0.329 e. The van der Waals surface area contributed by atoms with E-state index in [1.807, 2.05) is 0 Å². The quantitative estimate of drug-likeness (QED) is 0.926. The third kappa shape index (κ3) is 2.41. The number of benzene rings is 1. The molecule has 0 amide bonds. The van der Waals surface area contributed by atoms with Gasteiger partial charge in [0.15, 0.2) is 9.84 Å². The number of nitrogens with two attached hydrogens (primary N) is 1. The van der Waals surface area contributed by atoms with E-state index in [0.29, 0.717) is 4.90 Å². The number of hydrogen-bond donors (Lipinski definition) is 1. The normalized spacial score (nSPS) is 12.8. The molecule has 1 aromatic rings. The highest BCUT2D eigenvalue weighted by atomic mass is 79.9.